The number of ether oxygens (including phenoxy) is 1. The van der Waals surface area contributed by atoms with Crippen LogP contribution in [0.3, 0.4) is 0 Å². The Morgan fingerprint density at radius 2 is 2.10 bits per heavy atom. The molecule has 0 aliphatic carbocycles. The Bertz CT molecular complexity index is 1070. The smallest absolute Gasteiger partial charge is 0.407 e. The van der Waals surface area contributed by atoms with Crippen LogP contribution in [0.1, 0.15) is 17.8 Å². The highest BCUT2D eigenvalue weighted by molar-refractivity contribution is 6.33. The van der Waals surface area contributed by atoms with Gasteiger partial charge in [0, 0.05) is 35.1 Å². The van der Waals surface area contributed by atoms with Crippen molar-refractivity contribution in [2.75, 3.05) is 19.7 Å². The van der Waals surface area contributed by atoms with E-state index in [1.165, 1.54) is 4.90 Å². The van der Waals surface area contributed by atoms with E-state index < -0.39 is 6.09 Å². The monoisotopic (exact) mass is 433 g/mol. The lowest BCUT2D eigenvalue weighted by atomic mass is 10.1. The molecule has 2 aromatic carbocycles. The number of likely N-dealkylation sites (tertiary alicyclic amines) is 1. The number of hydrogen-bond donors (Lipinski definition) is 1. The molecule has 0 bridgehead atoms. The number of benzene rings is 2. The average molecular weight is 434 g/mol. The second-order valence-electron chi connectivity index (χ2n) is 7.33. The number of halogens is 2. The van der Waals surface area contributed by atoms with Gasteiger partial charge in [-0.15, -0.1) is 0 Å². The minimum Gasteiger partial charge on any atom is -0.493 e. The molecule has 1 aliphatic rings. The maximum absolute atomic E-state index is 11.1. The van der Waals surface area contributed by atoms with E-state index in [2.05, 4.69) is 9.55 Å². The molecule has 3 aromatic rings. The van der Waals surface area contributed by atoms with Crippen LogP contribution in [0.4, 0.5) is 4.79 Å². The number of amides is 1. The lowest BCUT2D eigenvalue weighted by Crippen LogP contribution is -2.27. The fourth-order valence-corrected chi connectivity index (χ4v) is 4.08. The number of nitrogens with zero attached hydrogens (tertiary/aromatic N) is 3. The molecule has 29 heavy (non-hydrogen) atoms. The summed E-state index contributed by atoms with van der Waals surface area (Å²) in [5.74, 6) is 1.82. The van der Waals surface area contributed by atoms with Gasteiger partial charge in [-0.3, -0.25) is 0 Å². The maximum Gasteiger partial charge on any atom is 0.407 e. The highest BCUT2D eigenvalue weighted by Gasteiger charge is 2.26. The first-order valence-electron chi connectivity index (χ1n) is 9.42. The quantitative estimate of drug-likeness (QED) is 0.608. The van der Waals surface area contributed by atoms with E-state index in [4.69, 9.17) is 33.0 Å². The molecule has 0 saturated carbocycles. The number of carboxylic acid groups (broad SMARTS) is 1. The molecule has 1 aromatic heterocycles. The zero-order chi connectivity index (χ0) is 20.5. The van der Waals surface area contributed by atoms with Gasteiger partial charge in [0.25, 0.3) is 0 Å². The van der Waals surface area contributed by atoms with Crippen molar-refractivity contribution >= 4 is 40.3 Å². The molecule has 6 nitrogen and oxygen atoms in total. The van der Waals surface area contributed by atoms with Gasteiger partial charge in [-0.25, -0.2) is 9.78 Å². The van der Waals surface area contributed by atoms with Gasteiger partial charge >= 0.3 is 6.09 Å². The average Bonchev–Trinajstić information content (AvgIpc) is 3.28. The number of carbonyl (C=O) groups is 1. The summed E-state index contributed by atoms with van der Waals surface area (Å²) in [6, 6.07) is 11.2. The molecular weight excluding hydrogens is 413 g/mol. The van der Waals surface area contributed by atoms with E-state index in [9.17, 15) is 4.79 Å². The van der Waals surface area contributed by atoms with Crippen LogP contribution in [0.15, 0.2) is 36.4 Å². The van der Waals surface area contributed by atoms with Crippen molar-refractivity contribution in [3.8, 4) is 5.75 Å². The number of aryl methyl sites for hydroxylation is 1. The Balaban J connectivity index is 1.53. The Morgan fingerprint density at radius 3 is 2.86 bits per heavy atom. The fraction of sp³-hybridized carbons (Fsp3) is 0.333. The number of fused-ring (bicyclic) bond motifs is 1. The van der Waals surface area contributed by atoms with Crippen LogP contribution in [-0.2, 0) is 6.54 Å². The topological polar surface area (TPSA) is 67.6 Å². The third kappa shape index (κ3) is 4.28. The van der Waals surface area contributed by atoms with Gasteiger partial charge in [0.05, 0.1) is 24.2 Å². The number of rotatable bonds is 5. The van der Waals surface area contributed by atoms with Gasteiger partial charge < -0.3 is 19.3 Å². The lowest BCUT2D eigenvalue weighted by Gasteiger charge is -2.14. The summed E-state index contributed by atoms with van der Waals surface area (Å²) < 4.78 is 8.06. The van der Waals surface area contributed by atoms with Crippen LogP contribution in [0.2, 0.25) is 10.0 Å². The zero-order valence-electron chi connectivity index (χ0n) is 15.9. The lowest BCUT2D eigenvalue weighted by molar-refractivity contribution is 0.151. The van der Waals surface area contributed by atoms with Crippen LogP contribution >= 0.6 is 23.2 Å². The van der Waals surface area contributed by atoms with Gasteiger partial charge in [0.1, 0.15) is 11.6 Å². The molecule has 8 heteroatoms. The third-order valence-corrected chi connectivity index (χ3v) is 5.89. The van der Waals surface area contributed by atoms with E-state index in [-0.39, 0.29) is 5.92 Å². The van der Waals surface area contributed by atoms with Crippen molar-refractivity contribution in [1.82, 2.24) is 14.5 Å². The molecule has 1 N–H and O–H groups in total. The summed E-state index contributed by atoms with van der Waals surface area (Å²) in [4.78, 5) is 17.1. The summed E-state index contributed by atoms with van der Waals surface area (Å²) >= 11 is 12.5. The predicted molar refractivity (Wildman–Crippen MR) is 113 cm³/mol. The number of hydrogen-bond acceptors (Lipinski definition) is 3. The first kappa shape index (κ1) is 19.9. The minimum atomic E-state index is -0.868. The van der Waals surface area contributed by atoms with E-state index in [0.29, 0.717) is 36.3 Å². The molecule has 4 rings (SSSR count). The van der Waals surface area contributed by atoms with Crippen LogP contribution in [0, 0.1) is 12.8 Å². The highest BCUT2D eigenvalue weighted by atomic mass is 35.5. The van der Waals surface area contributed by atoms with Crippen LogP contribution < -0.4 is 4.74 Å². The second-order valence-corrected chi connectivity index (χ2v) is 8.17. The van der Waals surface area contributed by atoms with Gasteiger partial charge in [-0.05, 0) is 49.2 Å². The van der Waals surface area contributed by atoms with Crippen molar-refractivity contribution in [2.24, 2.45) is 5.92 Å². The number of aromatic nitrogens is 2. The number of imidazole rings is 1. The Kier molecular flexibility index (Phi) is 5.56. The molecule has 1 unspecified atom stereocenters. The molecule has 1 atom stereocenters. The molecule has 0 spiro atoms. The Morgan fingerprint density at radius 1 is 1.28 bits per heavy atom. The van der Waals surface area contributed by atoms with E-state index in [0.717, 1.165) is 34.6 Å². The summed E-state index contributed by atoms with van der Waals surface area (Å²) in [6.45, 7) is 4.08. The van der Waals surface area contributed by atoms with Gasteiger partial charge in [0.2, 0.25) is 0 Å². The van der Waals surface area contributed by atoms with Crippen molar-refractivity contribution < 1.29 is 14.6 Å². The first-order chi connectivity index (χ1) is 13.9. The van der Waals surface area contributed by atoms with E-state index in [1.807, 2.05) is 31.2 Å². The van der Waals surface area contributed by atoms with Crippen LogP contribution in [0.5, 0.6) is 5.75 Å². The predicted octanol–water partition coefficient (Wildman–Crippen LogP) is 5.08. The summed E-state index contributed by atoms with van der Waals surface area (Å²) in [5, 5.41) is 10.4. The summed E-state index contributed by atoms with van der Waals surface area (Å²) in [7, 11) is 0. The van der Waals surface area contributed by atoms with Crippen molar-refractivity contribution in [3.05, 3.63) is 57.8 Å². The van der Waals surface area contributed by atoms with Crippen molar-refractivity contribution in [1.29, 1.82) is 0 Å². The molecule has 1 saturated heterocycles. The Hall–Kier alpha value is -2.44. The Labute approximate surface area is 178 Å². The normalized spacial score (nSPS) is 16.5. The van der Waals surface area contributed by atoms with E-state index >= 15 is 0 Å². The summed E-state index contributed by atoms with van der Waals surface area (Å²) in [6.07, 6.45) is -0.0493. The van der Waals surface area contributed by atoms with Crippen LogP contribution in [-0.4, -0.2) is 45.3 Å². The third-order valence-electron chi connectivity index (χ3n) is 5.29. The van der Waals surface area contributed by atoms with Gasteiger partial charge in [0.15, 0.2) is 0 Å². The van der Waals surface area contributed by atoms with Crippen molar-refractivity contribution in [3.63, 3.8) is 0 Å². The molecule has 152 valence electrons. The summed E-state index contributed by atoms with van der Waals surface area (Å²) in [5.41, 5.74) is 2.76. The molecule has 1 amide bonds. The van der Waals surface area contributed by atoms with E-state index in [1.54, 1.807) is 12.1 Å². The molecule has 1 fully saturated rings. The fourth-order valence-electron chi connectivity index (χ4n) is 3.70. The standard InChI is InChI=1S/C21H21Cl2N3O3/c1-13-24-19-5-3-17(29-12-14-6-7-25(10-14)21(27)28)9-20(19)26(13)11-15-8-16(22)2-4-18(15)23/h2-5,8-9,14H,6-7,10-12H2,1H3,(H,27,28). The minimum absolute atomic E-state index is 0.207. The molecule has 1 aliphatic heterocycles. The zero-order valence-corrected chi connectivity index (χ0v) is 17.5. The van der Waals surface area contributed by atoms with Crippen LogP contribution in [0.25, 0.3) is 11.0 Å². The second kappa shape index (κ2) is 8.13. The van der Waals surface area contributed by atoms with Gasteiger partial charge in [-0.1, -0.05) is 23.2 Å². The van der Waals surface area contributed by atoms with Crippen molar-refractivity contribution in [2.45, 2.75) is 19.9 Å². The van der Waals surface area contributed by atoms with Gasteiger partial charge in [-0.2, -0.15) is 0 Å². The maximum atomic E-state index is 11.1. The largest absolute Gasteiger partial charge is 0.493 e. The first-order valence-corrected chi connectivity index (χ1v) is 10.2. The molecule has 0 radical (unpaired) electrons. The highest BCUT2D eigenvalue weighted by Crippen LogP contribution is 2.27. The molecular formula is C21H21Cl2N3O3. The SMILES string of the molecule is Cc1nc2ccc(OCC3CCN(C(=O)O)C3)cc2n1Cc1cc(Cl)ccc1Cl. The molecule has 2 heterocycles.